The lowest BCUT2D eigenvalue weighted by molar-refractivity contribution is -0.140. The van der Waals surface area contributed by atoms with E-state index < -0.39 is 28.5 Å². The maximum Gasteiger partial charge on any atom is 0.264 e. The second kappa shape index (κ2) is 16.0. The van der Waals surface area contributed by atoms with Crippen molar-refractivity contribution in [1.29, 1.82) is 0 Å². The molecule has 0 saturated heterocycles. The largest absolute Gasteiger partial charge is 0.497 e. The summed E-state index contributed by atoms with van der Waals surface area (Å²) in [6.07, 6.45) is 0.899. The van der Waals surface area contributed by atoms with Crippen molar-refractivity contribution in [2.24, 2.45) is 0 Å². The molecule has 0 saturated carbocycles. The highest BCUT2D eigenvalue weighted by molar-refractivity contribution is 7.92. The molecule has 242 valence electrons. The lowest BCUT2D eigenvalue weighted by Gasteiger charge is -2.34. The normalized spacial score (nSPS) is 11.8. The number of amides is 2. The first-order valence-electron chi connectivity index (χ1n) is 14.8. The van der Waals surface area contributed by atoms with E-state index in [1.165, 1.54) is 24.1 Å². The van der Waals surface area contributed by atoms with Crippen molar-refractivity contribution in [2.45, 2.75) is 44.2 Å². The summed E-state index contributed by atoms with van der Waals surface area (Å²) in [5.41, 5.74) is 2.58. The molecule has 0 aromatic heterocycles. The van der Waals surface area contributed by atoms with Crippen LogP contribution in [0.1, 0.15) is 30.0 Å². The van der Waals surface area contributed by atoms with Gasteiger partial charge in [0.15, 0.2) is 0 Å². The Bertz CT molecular complexity index is 1750. The molecule has 4 aromatic rings. The standard InChI is InChI=1S/C35H37Cl2N3O5S/c1-4-19-38-35(42)33(21-26-9-6-5-7-10-26)39(23-27-15-18-31(36)32(37)20-27)34(41)24-40(28-11-8-12-29(22-28)45-3)46(43,44)30-16-13-25(2)14-17-30/h5-18,20,22,33H,4,19,21,23-24H2,1-3H3,(H,38,42)/t33-/m0/s1. The van der Waals surface area contributed by atoms with E-state index in [1.54, 1.807) is 54.6 Å². The number of methoxy groups -OCH3 is 1. The van der Waals surface area contributed by atoms with Crippen molar-refractivity contribution in [3.8, 4) is 5.75 Å². The first-order chi connectivity index (χ1) is 22.0. The van der Waals surface area contributed by atoms with Crippen molar-refractivity contribution in [2.75, 3.05) is 24.5 Å². The molecule has 1 N–H and O–H groups in total. The van der Waals surface area contributed by atoms with Gasteiger partial charge in [-0.1, -0.05) is 90.3 Å². The fourth-order valence-corrected chi connectivity index (χ4v) is 6.61. The quantitative estimate of drug-likeness (QED) is 0.160. The summed E-state index contributed by atoms with van der Waals surface area (Å²) in [6.45, 7) is 3.60. The topological polar surface area (TPSA) is 96.0 Å². The van der Waals surface area contributed by atoms with Gasteiger partial charge in [0.1, 0.15) is 18.3 Å². The van der Waals surface area contributed by atoms with E-state index in [-0.39, 0.29) is 29.5 Å². The predicted molar refractivity (Wildman–Crippen MR) is 183 cm³/mol. The number of benzene rings is 4. The number of aryl methyl sites for hydroxylation is 1. The van der Waals surface area contributed by atoms with E-state index in [4.69, 9.17) is 27.9 Å². The molecule has 0 spiro atoms. The molecule has 0 radical (unpaired) electrons. The molecule has 0 aliphatic heterocycles. The van der Waals surface area contributed by atoms with Crippen LogP contribution in [0.5, 0.6) is 5.75 Å². The summed E-state index contributed by atoms with van der Waals surface area (Å²) in [5.74, 6) is -0.520. The number of halogens is 2. The van der Waals surface area contributed by atoms with E-state index in [2.05, 4.69) is 5.32 Å². The van der Waals surface area contributed by atoms with Crippen LogP contribution in [0, 0.1) is 6.92 Å². The third-order valence-electron chi connectivity index (χ3n) is 7.39. The minimum absolute atomic E-state index is 0.0197. The zero-order valence-corrected chi connectivity index (χ0v) is 28.3. The number of nitrogens with zero attached hydrogens (tertiary/aromatic N) is 2. The Hall–Kier alpha value is -4.05. The number of hydrogen-bond donors (Lipinski definition) is 1. The third-order valence-corrected chi connectivity index (χ3v) is 9.91. The van der Waals surface area contributed by atoms with Gasteiger partial charge in [-0.15, -0.1) is 0 Å². The van der Waals surface area contributed by atoms with Crippen LogP contribution in [0.15, 0.2) is 102 Å². The van der Waals surface area contributed by atoms with Gasteiger partial charge in [-0.2, -0.15) is 0 Å². The molecule has 0 fully saturated rings. The minimum atomic E-state index is -4.24. The van der Waals surface area contributed by atoms with Crippen LogP contribution >= 0.6 is 23.2 Å². The lowest BCUT2D eigenvalue weighted by Crippen LogP contribution is -2.53. The van der Waals surface area contributed by atoms with Crippen molar-refractivity contribution in [3.63, 3.8) is 0 Å². The molecule has 1 atom stereocenters. The smallest absolute Gasteiger partial charge is 0.264 e. The van der Waals surface area contributed by atoms with Gasteiger partial charge in [0.2, 0.25) is 11.8 Å². The number of carbonyl (C=O) groups excluding carboxylic acids is 2. The Morgan fingerprint density at radius 1 is 0.870 bits per heavy atom. The van der Waals surface area contributed by atoms with Crippen molar-refractivity contribution < 1.29 is 22.7 Å². The van der Waals surface area contributed by atoms with Crippen LogP contribution in [-0.4, -0.2) is 51.4 Å². The SMILES string of the molecule is CCCNC(=O)[C@H](Cc1ccccc1)N(Cc1ccc(Cl)c(Cl)c1)C(=O)CN(c1cccc(OC)c1)S(=O)(=O)c1ccc(C)cc1. The van der Waals surface area contributed by atoms with Gasteiger partial charge < -0.3 is 15.0 Å². The molecule has 4 rings (SSSR count). The molecule has 0 unspecified atom stereocenters. The number of hydrogen-bond acceptors (Lipinski definition) is 5. The second-order valence-corrected chi connectivity index (χ2v) is 13.5. The molecule has 11 heteroatoms. The molecular weight excluding hydrogens is 645 g/mol. The summed E-state index contributed by atoms with van der Waals surface area (Å²) < 4.78 is 34.8. The van der Waals surface area contributed by atoms with Gasteiger partial charge in [0.25, 0.3) is 10.0 Å². The van der Waals surface area contributed by atoms with Gasteiger partial charge >= 0.3 is 0 Å². The number of rotatable bonds is 14. The fraction of sp³-hybridized carbons (Fsp3) is 0.257. The molecule has 0 aliphatic rings. The molecule has 2 amide bonds. The summed E-state index contributed by atoms with van der Waals surface area (Å²) >= 11 is 12.5. The van der Waals surface area contributed by atoms with Crippen molar-refractivity contribution in [3.05, 3.63) is 124 Å². The minimum Gasteiger partial charge on any atom is -0.497 e. The molecule has 0 bridgehead atoms. The third kappa shape index (κ3) is 8.81. The Balaban J connectivity index is 1.82. The van der Waals surface area contributed by atoms with E-state index in [0.29, 0.717) is 34.3 Å². The van der Waals surface area contributed by atoms with Crippen LogP contribution in [0.2, 0.25) is 10.0 Å². The number of anilines is 1. The average molecular weight is 683 g/mol. The maximum absolute atomic E-state index is 14.5. The summed E-state index contributed by atoms with van der Waals surface area (Å²) in [7, 11) is -2.76. The van der Waals surface area contributed by atoms with Crippen LogP contribution in [0.25, 0.3) is 0 Å². The molecule has 8 nitrogen and oxygen atoms in total. The van der Waals surface area contributed by atoms with Crippen molar-refractivity contribution >= 4 is 50.7 Å². The fourth-order valence-electron chi connectivity index (χ4n) is 4.89. The van der Waals surface area contributed by atoms with Gasteiger partial charge in [0, 0.05) is 25.6 Å². The molecule has 4 aromatic carbocycles. The Kier molecular flexibility index (Phi) is 12.1. The number of carbonyl (C=O) groups is 2. The molecule has 0 heterocycles. The summed E-state index contributed by atoms with van der Waals surface area (Å²) in [6, 6.07) is 26.3. The Labute approximate surface area is 280 Å². The van der Waals surface area contributed by atoms with Gasteiger partial charge in [-0.25, -0.2) is 8.42 Å². The molecular formula is C35H37Cl2N3O5S. The number of sulfonamides is 1. The van der Waals surface area contributed by atoms with Crippen LogP contribution in [-0.2, 0) is 32.6 Å². The second-order valence-electron chi connectivity index (χ2n) is 10.8. The van der Waals surface area contributed by atoms with E-state index in [0.717, 1.165) is 15.4 Å². The van der Waals surface area contributed by atoms with Crippen LogP contribution in [0.3, 0.4) is 0 Å². The number of ether oxygens (including phenoxy) is 1. The first-order valence-corrected chi connectivity index (χ1v) is 17.0. The van der Waals surface area contributed by atoms with Gasteiger partial charge in [-0.05, 0) is 60.9 Å². The summed E-state index contributed by atoms with van der Waals surface area (Å²) in [5, 5.41) is 3.57. The highest BCUT2D eigenvalue weighted by atomic mass is 35.5. The van der Waals surface area contributed by atoms with Crippen molar-refractivity contribution in [1.82, 2.24) is 10.2 Å². The number of nitrogens with one attached hydrogen (secondary N) is 1. The van der Waals surface area contributed by atoms with Crippen LogP contribution in [0.4, 0.5) is 5.69 Å². The van der Waals surface area contributed by atoms with Crippen LogP contribution < -0.4 is 14.4 Å². The monoisotopic (exact) mass is 681 g/mol. The zero-order valence-electron chi connectivity index (χ0n) is 26.0. The average Bonchev–Trinajstić information content (AvgIpc) is 3.06. The zero-order chi connectivity index (χ0) is 33.3. The predicted octanol–water partition coefficient (Wildman–Crippen LogP) is 6.67. The van der Waals surface area contributed by atoms with Gasteiger partial charge in [0.05, 0.1) is 27.7 Å². The summed E-state index contributed by atoms with van der Waals surface area (Å²) in [4.78, 5) is 29.7. The highest BCUT2D eigenvalue weighted by Crippen LogP contribution is 2.29. The highest BCUT2D eigenvalue weighted by Gasteiger charge is 2.34. The Morgan fingerprint density at radius 3 is 2.24 bits per heavy atom. The van der Waals surface area contributed by atoms with E-state index >= 15 is 0 Å². The van der Waals surface area contributed by atoms with E-state index in [1.807, 2.05) is 44.2 Å². The van der Waals surface area contributed by atoms with E-state index in [9.17, 15) is 18.0 Å². The van der Waals surface area contributed by atoms with Gasteiger partial charge in [-0.3, -0.25) is 13.9 Å². The molecule has 46 heavy (non-hydrogen) atoms. The Morgan fingerprint density at radius 2 is 1.59 bits per heavy atom. The molecule has 0 aliphatic carbocycles. The maximum atomic E-state index is 14.5. The lowest BCUT2D eigenvalue weighted by atomic mass is 10.0. The first kappa shape index (κ1) is 34.8.